The van der Waals surface area contributed by atoms with Crippen LogP contribution < -0.4 is 15.8 Å². The molecule has 6 nitrogen and oxygen atoms in total. The van der Waals surface area contributed by atoms with Crippen LogP contribution in [-0.4, -0.2) is 29.5 Å². The molecule has 0 saturated heterocycles. The average molecular weight is 406 g/mol. The molecule has 3 aromatic rings. The number of para-hydroxylation sites is 1. The van der Waals surface area contributed by atoms with Crippen LogP contribution in [0.15, 0.2) is 47.3 Å². The van der Waals surface area contributed by atoms with Crippen molar-refractivity contribution in [2.24, 2.45) is 0 Å². The Morgan fingerprint density at radius 3 is 2.70 bits per heavy atom. The molecule has 0 aliphatic carbocycles. The fraction of sp³-hybridized carbons (Fsp3) is 0.211. The first-order valence-electron chi connectivity index (χ1n) is 8.41. The highest BCUT2D eigenvalue weighted by Gasteiger charge is 2.21. The van der Waals surface area contributed by atoms with E-state index in [-0.39, 0.29) is 24.1 Å². The first kappa shape index (κ1) is 19.4. The van der Waals surface area contributed by atoms with E-state index in [0.29, 0.717) is 32.5 Å². The van der Waals surface area contributed by atoms with Crippen molar-refractivity contribution < 1.29 is 9.69 Å². The van der Waals surface area contributed by atoms with E-state index in [9.17, 15) is 9.59 Å². The maximum Gasteiger partial charge on any atom is 0.279 e. The van der Waals surface area contributed by atoms with Crippen LogP contribution in [-0.2, 0) is 4.79 Å². The number of quaternary nitrogens is 1. The van der Waals surface area contributed by atoms with Gasteiger partial charge in [-0.25, -0.2) is 4.98 Å². The maximum atomic E-state index is 12.3. The van der Waals surface area contributed by atoms with E-state index in [0.717, 1.165) is 4.90 Å². The zero-order valence-corrected chi connectivity index (χ0v) is 16.4. The van der Waals surface area contributed by atoms with Gasteiger partial charge in [-0.2, -0.15) is 0 Å². The van der Waals surface area contributed by atoms with Crippen molar-refractivity contribution in [1.29, 1.82) is 0 Å². The smallest absolute Gasteiger partial charge is 0.279 e. The number of H-pyrrole nitrogens is 1. The van der Waals surface area contributed by atoms with Crippen molar-refractivity contribution in [2.45, 2.75) is 13.0 Å². The summed E-state index contributed by atoms with van der Waals surface area (Å²) in [6.45, 7) is 2.10. The number of hydrogen-bond acceptors (Lipinski definition) is 3. The molecule has 2 aromatic carbocycles. The van der Waals surface area contributed by atoms with Crippen LogP contribution in [0.2, 0.25) is 10.0 Å². The number of likely N-dealkylation sites (N-methyl/N-ethyl adjacent to an activating group) is 1. The molecule has 3 rings (SSSR count). The van der Waals surface area contributed by atoms with Gasteiger partial charge in [0.1, 0.15) is 6.04 Å². The number of aromatic nitrogens is 2. The first-order valence-corrected chi connectivity index (χ1v) is 9.17. The lowest BCUT2D eigenvalue weighted by Crippen LogP contribution is -3.10. The third-order valence-corrected chi connectivity index (χ3v) is 5.16. The number of rotatable bonds is 5. The monoisotopic (exact) mass is 405 g/mol. The van der Waals surface area contributed by atoms with Crippen LogP contribution in [0.4, 0.5) is 5.69 Å². The molecule has 0 aliphatic rings. The summed E-state index contributed by atoms with van der Waals surface area (Å²) in [6.07, 6.45) is 0. The number of fused-ring (bicyclic) bond motifs is 1. The molecular formula is C19H19Cl2N4O2+. The fourth-order valence-corrected chi connectivity index (χ4v) is 3.03. The van der Waals surface area contributed by atoms with Crippen molar-refractivity contribution in [3.63, 3.8) is 0 Å². The molecule has 0 aliphatic heterocycles. The van der Waals surface area contributed by atoms with Crippen molar-refractivity contribution >= 4 is 45.7 Å². The van der Waals surface area contributed by atoms with Crippen molar-refractivity contribution in [2.75, 3.05) is 18.9 Å². The molecule has 1 unspecified atom stereocenters. The largest absolute Gasteiger partial charge is 0.321 e. The zero-order valence-electron chi connectivity index (χ0n) is 14.8. The quantitative estimate of drug-likeness (QED) is 0.609. The van der Waals surface area contributed by atoms with Gasteiger partial charge >= 0.3 is 0 Å². The molecule has 0 bridgehead atoms. The molecular weight excluding hydrogens is 387 g/mol. The van der Waals surface area contributed by atoms with Gasteiger partial charge in [-0.15, -0.1) is 0 Å². The topological polar surface area (TPSA) is 79.3 Å². The second-order valence-corrected chi connectivity index (χ2v) is 7.20. The van der Waals surface area contributed by atoms with Crippen LogP contribution in [0, 0.1) is 0 Å². The van der Waals surface area contributed by atoms with Gasteiger partial charge < -0.3 is 15.2 Å². The summed E-state index contributed by atoms with van der Waals surface area (Å²) >= 11 is 11.8. The van der Waals surface area contributed by atoms with Crippen molar-refractivity contribution in [3.8, 4) is 0 Å². The predicted octanol–water partition coefficient (Wildman–Crippen LogP) is 2.44. The van der Waals surface area contributed by atoms with Gasteiger partial charge in [0.15, 0.2) is 12.4 Å². The highest BCUT2D eigenvalue weighted by atomic mass is 35.5. The second-order valence-electron chi connectivity index (χ2n) is 6.39. The Balaban J connectivity index is 1.71. The number of amides is 1. The average Bonchev–Trinajstić information content (AvgIpc) is 2.64. The lowest BCUT2D eigenvalue weighted by Gasteiger charge is -2.20. The Hall–Kier alpha value is -2.41. The predicted molar refractivity (Wildman–Crippen MR) is 108 cm³/mol. The first-order chi connectivity index (χ1) is 12.8. The zero-order chi connectivity index (χ0) is 19.6. The number of nitrogens with one attached hydrogen (secondary N) is 3. The minimum Gasteiger partial charge on any atom is -0.321 e. The van der Waals surface area contributed by atoms with Gasteiger partial charge in [-0.05, 0) is 37.3 Å². The third kappa shape index (κ3) is 4.47. The van der Waals surface area contributed by atoms with Gasteiger partial charge in [0.2, 0.25) is 0 Å². The molecule has 0 radical (unpaired) electrons. The van der Waals surface area contributed by atoms with E-state index in [2.05, 4.69) is 15.3 Å². The molecule has 2 atom stereocenters. The summed E-state index contributed by atoms with van der Waals surface area (Å²) in [5.41, 5.74) is 1.03. The summed E-state index contributed by atoms with van der Waals surface area (Å²) < 4.78 is 0. The van der Waals surface area contributed by atoms with Gasteiger partial charge in [-0.3, -0.25) is 9.59 Å². The van der Waals surface area contributed by atoms with Crippen LogP contribution in [0.5, 0.6) is 0 Å². The molecule has 8 heteroatoms. The van der Waals surface area contributed by atoms with E-state index >= 15 is 0 Å². The second kappa shape index (κ2) is 8.08. The highest BCUT2D eigenvalue weighted by Crippen LogP contribution is 2.24. The Labute approximate surface area is 166 Å². The van der Waals surface area contributed by atoms with Crippen LogP contribution in [0.3, 0.4) is 0 Å². The lowest BCUT2D eigenvalue weighted by molar-refractivity contribution is -0.902. The number of aromatic amines is 1. The SMILES string of the molecule is C[C@H](c1nc2ccccc2c(=O)[nH]1)[NH+](C)CC(=O)Nc1ccc(Cl)c(Cl)c1. The number of hydrogen-bond donors (Lipinski definition) is 3. The molecule has 0 spiro atoms. The van der Waals surface area contributed by atoms with E-state index in [1.807, 2.05) is 20.0 Å². The molecule has 0 fully saturated rings. The highest BCUT2D eigenvalue weighted by molar-refractivity contribution is 6.42. The minimum absolute atomic E-state index is 0.179. The Kier molecular flexibility index (Phi) is 5.79. The summed E-state index contributed by atoms with van der Waals surface area (Å²) in [4.78, 5) is 32.8. The third-order valence-electron chi connectivity index (χ3n) is 4.42. The summed E-state index contributed by atoms with van der Waals surface area (Å²) in [7, 11) is 1.87. The maximum absolute atomic E-state index is 12.3. The lowest BCUT2D eigenvalue weighted by atomic mass is 10.2. The van der Waals surface area contributed by atoms with E-state index in [1.165, 1.54) is 0 Å². The van der Waals surface area contributed by atoms with Gasteiger partial charge in [0, 0.05) is 5.69 Å². The van der Waals surface area contributed by atoms with Gasteiger partial charge in [0.25, 0.3) is 11.5 Å². The number of carbonyl (C=O) groups excluding carboxylic acids is 1. The Morgan fingerprint density at radius 2 is 1.96 bits per heavy atom. The normalized spacial score (nSPS) is 13.3. The molecule has 1 aromatic heterocycles. The molecule has 3 N–H and O–H groups in total. The Bertz CT molecular complexity index is 1050. The molecule has 1 amide bonds. The van der Waals surface area contributed by atoms with Crippen LogP contribution >= 0.6 is 23.2 Å². The van der Waals surface area contributed by atoms with E-state index in [1.54, 1.807) is 36.4 Å². The standard InChI is InChI=1S/C19H18Cl2N4O2/c1-11(18-23-16-6-4-3-5-13(16)19(27)24-18)25(2)10-17(26)22-12-7-8-14(20)15(21)9-12/h3-9,11H,10H2,1-2H3,(H,22,26)(H,23,24,27)/p+1/t11-/m1/s1. The summed E-state index contributed by atoms with van der Waals surface area (Å²) in [5, 5.41) is 4.14. The summed E-state index contributed by atoms with van der Waals surface area (Å²) in [6, 6.07) is 11.9. The fourth-order valence-electron chi connectivity index (χ4n) is 2.73. The molecule has 1 heterocycles. The van der Waals surface area contributed by atoms with Crippen LogP contribution in [0.25, 0.3) is 10.9 Å². The number of halogens is 2. The number of anilines is 1. The number of nitrogens with zero attached hydrogens (tertiary/aromatic N) is 1. The van der Waals surface area contributed by atoms with Gasteiger partial charge in [0.05, 0.1) is 28.0 Å². The van der Waals surface area contributed by atoms with E-state index in [4.69, 9.17) is 23.2 Å². The summed E-state index contributed by atoms with van der Waals surface area (Å²) in [5.74, 6) is 0.361. The van der Waals surface area contributed by atoms with Gasteiger partial charge in [-0.1, -0.05) is 35.3 Å². The number of benzene rings is 2. The van der Waals surface area contributed by atoms with Crippen molar-refractivity contribution in [3.05, 3.63) is 68.7 Å². The molecule has 0 saturated carbocycles. The van der Waals surface area contributed by atoms with E-state index < -0.39 is 0 Å². The number of carbonyl (C=O) groups is 1. The minimum atomic E-state index is -0.185. The molecule has 27 heavy (non-hydrogen) atoms. The van der Waals surface area contributed by atoms with Crippen LogP contribution in [0.1, 0.15) is 18.8 Å². The van der Waals surface area contributed by atoms with Crippen molar-refractivity contribution in [1.82, 2.24) is 9.97 Å². The molecule has 140 valence electrons. The Morgan fingerprint density at radius 1 is 1.22 bits per heavy atom.